The Morgan fingerprint density at radius 1 is 1.09 bits per heavy atom. The number of phenols is 1. The van der Waals surface area contributed by atoms with Gasteiger partial charge in [-0.05, 0) is 60.5 Å². The summed E-state index contributed by atoms with van der Waals surface area (Å²) in [5.74, 6) is -0.445. The predicted octanol–water partition coefficient (Wildman–Crippen LogP) is 4.89. The summed E-state index contributed by atoms with van der Waals surface area (Å²) in [6.45, 7) is 1.90. The van der Waals surface area contributed by atoms with Gasteiger partial charge >= 0.3 is 11.9 Å². The molecule has 0 aliphatic rings. The van der Waals surface area contributed by atoms with Crippen LogP contribution in [0.25, 0.3) is 0 Å². The first-order valence-electron chi connectivity index (χ1n) is 9.82. The molecule has 0 amide bonds. The maximum absolute atomic E-state index is 12.5. The van der Waals surface area contributed by atoms with Crippen LogP contribution >= 0.6 is 15.9 Å². The van der Waals surface area contributed by atoms with Gasteiger partial charge in [-0.25, -0.2) is 9.59 Å². The minimum atomic E-state index is -0.762. The molecule has 0 saturated heterocycles. The topological polar surface area (TPSA) is 85.2 Å². The number of carbonyl (C=O) groups excluding carboxylic acids is 2. The molecule has 7 heteroatoms. The number of halogens is 1. The third-order valence-corrected chi connectivity index (χ3v) is 5.06. The monoisotopic (exact) mass is 495 g/mol. The van der Waals surface area contributed by atoms with Gasteiger partial charge in [-0.1, -0.05) is 45.8 Å². The lowest BCUT2D eigenvalue weighted by molar-refractivity contribution is -0.142. The number of carbonyl (C=O) groups is 2. The molecule has 0 fully saturated rings. The van der Waals surface area contributed by atoms with Crippen LogP contribution in [0.5, 0.6) is 11.5 Å². The summed E-state index contributed by atoms with van der Waals surface area (Å²) in [6.07, 6.45) is 1.85. The largest absolute Gasteiger partial charge is 0.508 e. The number of hydrogen-bond donors (Lipinski definition) is 1. The standard InChI is InChI=1S/C25H22BrNO5/c1-16-4-3-5-19(10-16)24(29)32-22-12-18(11-20(26)14-22)15-27-23(25(30)31-2)13-17-6-8-21(28)9-7-17/h3-12,14-15,23,28H,13H2,1-2H3. The molecule has 3 aromatic rings. The number of aryl methyl sites for hydroxylation is 1. The fourth-order valence-electron chi connectivity index (χ4n) is 3.02. The van der Waals surface area contributed by atoms with E-state index in [1.165, 1.54) is 13.3 Å². The highest BCUT2D eigenvalue weighted by Crippen LogP contribution is 2.22. The Bertz CT molecular complexity index is 1140. The van der Waals surface area contributed by atoms with Crippen LogP contribution in [-0.4, -0.2) is 36.4 Å². The van der Waals surface area contributed by atoms with E-state index in [9.17, 15) is 14.7 Å². The Kier molecular flexibility index (Phi) is 7.78. The van der Waals surface area contributed by atoms with E-state index in [0.717, 1.165) is 11.1 Å². The van der Waals surface area contributed by atoms with Crippen LogP contribution in [0.3, 0.4) is 0 Å². The fraction of sp³-hybridized carbons (Fsp3) is 0.160. The first kappa shape index (κ1) is 23.2. The van der Waals surface area contributed by atoms with Crippen molar-refractivity contribution in [1.82, 2.24) is 0 Å². The van der Waals surface area contributed by atoms with Crippen LogP contribution < -0.4 is 4.74 Å². The lowest BCUT2D eigenvalue weighted by Crippen LogP contribution is -2.23. The zero-order valence-corrected chi connectivity index (χ0v) is 19.2. The van der Waals surface area contributed by atoms with Crippen LogP contribution in [0.4, 0.5) is 0 Å². The number of esters is 2. The van der Waals surface area contributed by atoms with Gasteiger partial charge in [0.15, 0.2) is 6.04 Å². The summed E-state index contributed by atoms with van der Waals surface area (Å²) >= 11 is 3.41. The minimum Gasteiger partial charge on any atom is -0.508 e. The zero-order valence-electron chi connectivity index (χ0n) is 17.6. The number of phenolic OH excluding ortho intramolecular Hbond substituents is 1. The van der Waals surface area contributed by atoms with Crippen molar-refractivity contribution in [3.05, 3.63) is 93.5 Å². The Labute approximate surface area is 194 Å². The Hall–Kier alpha value is -3.45. The highest BCUT2D eigenvalue weighted by atomic mass is 79.9. The third-order valence-electron chi connectivity index (χ3n) is 4.60. The fourth-order valence-corrected chi connectivity index (χ4v) is 3.51. The van der Waals surface area contributed by atoms with Crippen LogP contribution in [-0.2, 0) is 16.0 Å². The molecular weight excluding hydrogens is 474 g/mol. The molecule has 0 aliphatic carbocycles. The summed E-state index contributed by atoms with van der Waals surface area (Å²) in [5, 5.41) is 9.44. The summed E-state index contributed by atoms with van der Waals surface area (Å²) < 4.78 is 11.1. The molecule has 0 radical (unpaired) electrons. The van der Waals surface area contributed by atoms with E-state index < -0.39 is 18.0 Å². The van der Waals surface area contributed by atoms with Gasteiger partial charge in [0.25, 0.3) is 0 Å². The molecule has 0 spiro atoms. The van der Waals surface area contributed by atoms with Gasteiger partial charge in [0.05, 0.1) is 12.7 Å². The van der Waals surface area contributed by atoms with E-state index >= 15 is 0 Å². The number of aliphatic imine (C=N–C) groups is 1. The number of rotatable bonds is 7. The lowest BCUT2D eigenvalue weighted by atomic mass is 10.1. The average Bonchev–Trinajstić information content (AvgIpc) is 2.77. The molecule has 0 aliphatic heterocycles. The van der Waals surface area contributed by atoms with Crippen molar-refractivity contribution in [1.29, 1.82) is 0 Å². The minimum absolute atomic E-state index is 0.147. The molecule has 1 unspecified atom stereocenters. The summed E-state index contributed by atoms with van der Waals surface area (Å²) in [7, 11) is 1.31. The molecule has 3 rings (SSSR count). The molecule has 0 bridgehead atoms. The quantitative estimate of drug-likeness (QED) is 0.286. The molecular formula is C25H22BrNO5. The van der Waals surface area contributed by atoms with Gasteiger partial charge in [-0.15, -0.1) is 0 Å². The van der Waals surface area contributed by atoms with Crippen molar-refractivity contribution in [2.24, 2.45) is 4.99 Å². The van der Waals surface area contributed by atoms with E-state index in [-0.39, 0.29) is 5.75 Å². The molecule has 0 saturated carbocycles. The number of methoxy groups -OCH3 is 1. The molecule has 32 heavy (non-hydrogen) atoms. The molecule has 1 N–H and O–H groups in total. The van der Waals surface area contributed by atoms with Crippen molar-refractivity contribution in [3.8, 4) is 11.5 Å². The molecule has 164 valence electrons. The second-order valence-corrected chi connectivity index (χ2v) is 8.08. The normalized spacial score (nSPS) is 11.8. The molecule has 1 atom stereocenters. The molecule has 6 nitrogen and oxygen atoms in total. The van der Waals surface area contributed by atoms with Crippen molar-refractivity contribution >= 4 is 34.1 Å². The van der Waals surface area contributed by atoms with E-state index in [1.54, 1.807) is 60.7 Å². The smallest absolute Gasteiger partial charge is 0.343 e. The maximum atomic E-state index is 12.5. The summed E-state index contributed by atoms with van der Waals surface area (Å²) in [6, 6.07) is 18.1. The van der Waals surface area contributed by atoms with E-state index in [0.29, 0.717) is 27.8 Å². The predicted molar refractivity (Wildman–Crippen MR) is 125 cm³/mol. The third kappa shape index (κ3) is 6.52. The molecule has 0 heterocycles. The molecule has 3 aromatic carbocycles. The number of ether oxygens (including phenoxy) is 2. The van der Waals surface area contributed by atoms with Crippen LogP contribution in [0.2, 0.25) is 0 Å². The second-order valence-electron chi connectivity index (χ2n) is 7.17. The van der Waals surface area contributed by atoms with Crippen molar-refractivity contribution in [3.63, 3.8) is 0 Å². The van der Waals surface area contributed by atoms with Crippen LogP contribution in [0.1, 0.15) is 27.0 Å². The Morgan fingerprint density at radius 2 is 1.84 bits per heavy atom. The van der Waals surface area contributed by atoms with Crippen LogP contribution in [0.15, 0.2) is 76.2 Å². The van der Waals surface area contributed by atoms with Gasteiger partial charge in [0.1, 0.15) is 11.5 Å². The van der Waals surface area contributed by atoms with Gasteiger partial charge < -0.3 is 14.6 Å². The lowest BCUT2D eigenvalue weighted by Gasteiger charge is -2.11. The van der Waals surface area contributed by atoms with Crippen molar-refractivity contribution in [2.75, 3.05) is 7.11 Å². The van der Waals surface area contributed by atoms with E-state index in [1.807, 2.05) is 13.0 Å². The first-order chi connectivity index (χ1) is 15.3. The SMILES string of the molecule is COC(=O)C(Cc1ccc(O)cc1)N=Cc1cc(Br)cc(OC(=O)c2cccc(C)c2)c1. The zero-order chi connectivity index (χ0) is 23.1. The number of hydrogen-bond acceptors (Lipinski definition) is 6. The average molecular weight is 496 g/mol. The Morgan fingerprint density at radius 3 is 2.53 bits per heavy atom. The summed E-state index contributed by atoms with van der Waals surface area (Å²) in [5.41, 5.74) is 2.90. The number of benzene rings is 3. The summed E-state index contributed by atoms with van der Waals surface area (Å²) in [4.78, 5) is 29.1. The van der Waals surface area contributed by atoms with Gasteiger partial charge in [-0.2, -0.15) is 0 Å². The van der Waals surface area contributed by atoms with Gasteiger partial charge in [0, 0.05) is 17.1 Å². The van der Waals surface area contributed by atoms with Crippen molar-refractivity contribution in [2.45, 2.75) is 19.4 Å². The van der Waals surface area contributed by atoms with Crippen molar-refractivity contribution < 1.29 is 24.2 Å². The highest BCUT2D eigenvalue weighted by Gasteiger charge is 2.18. The van der Waals surface area contributed by atoms with Crippen LogP contribution in [0, 0.1) is 6.92 Å². The number of aromatic hydroxyl groups is 1. The van der Waals surface area contributed by atoms with E-state index in [2.05, 4.69) is 20.9 Å². The maximum Gasteiger partial charge on any atom is 0.343 e. The van der Waals surface area contributed by atoms with Gasteiger partial charge in [0.2, 0.25) is 0 Å². The van der Waals surface area contributed by atoms with E-state index in [4.69, 9.17) is 9.47 Å². The Balaban J connectivity index is 1.78. The second kappa shape index (κ2) is 10.7. The number of nitrogens with zero attached hydrogens (tertiary/aromatic N) is 1. The van der Waals surface area contributed by atoms with Gasteiger partial charge in [-0.3, -0.25) is 4.99 Å². The first-order valence-corrected chi connectivity index (χ1v) is 10.6. The highest BCUT2D eigenvalue weighted by molar-refractivity contribution is 9.10. The molecule has 0 aromatic heterocycles.